The first kappa shape index (κ1) is 24.5. The van der Waals surface area contributed by atoms with E-state index >= 15 is 0 Å². The number of nitrogens with one attached hydrogen (secondary N) is 3. The van der Waals surface area contributed by atoms with Gasteiger partial charge >= 0.3 is 0 Å². The summed E-state index contributed by atoms with van der Waals surface area (Å²) in [5, 5.41) is 11.7. The van der Waals surface area contributed by atoms with Gasteiger partial charge in [0.15, 0.2) is 10.2 Å². The van der Waals surface area contributed by atoms with E-state index in [1.807, 2.05) is 48.5 Å². The van der Waals surface area contributed by atoms with Gasteiger partial charge in [-0.05, 0) is 86.8 Å². The molecule has 172 valence electrons. The lowest BCUT2D eigenvalue weighted by atomic mass is 10.3. The molecular weight excluding hydrogens is 462 g/mol. The van der Waals surface area contributed by atoms with Gasteiger partial charge in [-0.2, -0.15) is 0 Å². The average molecular weight is 492 g/mol. The summed E-state index contributed by atoms with van der Waals surface area (Å²) in [6.07, 6.45) is 2.55. The predicted octanol–water partition coefficient (Wildman–Crippen LogP) is 4.43. The van der Waals surface area contributed by atoms with Crippen molar-refractivity contribution in [1.29, 1.82) is 0 Å². The van der Waals surface area contributed by atoms with Gasteiger partial charge in [0.1, 0.15) is 5.75 Å². The van der Waals surface area contributed by atoms with Crippen LogP contribution in [0.4, 0.5) is 11.4 Å². The zero-order valence-electron chi connectivity index (χ0n) is 18.3. The summed E-state index contributed by atoms with van der Waals surface area (Å²) in [6, 6.07) is 15.2. The number of benzene rings is 2. The summed E-state index contributed by atoms with van der Waals surface area (Å²) in [6.45, 7) is 5.57. The van der Waals surface area contributed by atoms with Gasteiger partial charge in [0.25, 0.3) is 0 Å². The summed E-state index contributed by atoms with van der Waals surface area (Å²) in [5.41, 5.74) is 1.81. The van der Waals surface area contributed by atoms with Crippen LogP contribution in [0.15, 0.2) is 48.5 Å². The smallest absolute Gasteiger partial charge is 0.173 e. The molecule has 0 spiro atoms. The molecular formula is C23H30ClN5OS2. The van der Waals surface area contributed by atoms with Gasteiger partial charge in [-0.1, -0.05) is 17.7 Å². The second-order valence-electron chi connectivity index (χ2n) is 7.59. The van der Waals surface area contributed by atoms with Crippen LogP contribution >= 0.6 is 36.0 Å². The Hall–Kier alpha value is -2.13. The lowest BCUT2D eigenvalue weighted by Gasteiger charge is -2.28. The molecule has 9 heteroatoms. The van der Waals surface area contributed by atoms with E-state index in [9.17, 15) is 0 Å². The van der Waals surface area contributed by atoms with E-state index in [-0.39, 0.29) is 0 Å². The highest BCUT2D eigenvalue weighted by Gasteiger charge is 2.15. The van der Waals surface area contributed by atoms with Crippen molar-refractivity contribution in [1.82, 2.24) is 15.1 Å². The monoisotopic (exact) mass is 491 g/mol. The minimum Gasteiger partial charge on any atom is -0.497 e. The molecule has 0 saturated carbocycles. The number of rotatable bonds is 9. The molecule has 0 radical (unpaired) electrons. The van der Waals surface area contributed by atoms with Crippen molar-refractivity contribution in [3.05, 3.63) is 53.6 Å². The number of anilines is 2. The highest BCUT2D eigenvalue weighted by molar-refractivity contribution is 7.80. The standard InChI is InChI=1S/C23H30ClN5OS2/c1-30-21-6-4-5-20(17-21)27-23(32)29(16-15-28-12-2-3-13-28)14-11-25-22(31)26-19-9-7-18(24)8-10-19/h4-10,17H,2-3,11-16H2,1H3,(H,27,32)(H2,25,26,31). The third-order valence-corrected chi connectivity index (χ3v) is 6.12. The maximum absolute atomic E-state index is 5.94. The third kappa shape index (κ3) is 8.09. The molecule has 0 atom stereocenters. The van der Waals surface area contributed by atoms with E-state index in [0.717, 1.165) is 49.8 Å². The van der Waals surface area contributed by atoms with E-state index in [2.05, 4.69) is 25.8 Å². The van der Waals surface area contributed by atoms with Crippen molar-refractivity contribution in [2.24, 2.45) is 0 Å². The van der Waals surface area contributed by atoms with E-state index in [4.69, 9.17) is 40.8 Å². The second kappa shape index (κ2) is 12.8. The van der Waals surface area contributed by atoms with Gasteiger partial charge in [-0.3, -0.25) is 0 Å². The first-order valence-electron chi connectivity index (χ1n) is 10.8. The summed E-state index contributed by atoms with van der Waals surface area (Å²) >= 11 is 17.1. The molecule has 1 heterocycles. The highest BCUT2D eigenvalue weighted by atomic mass is 35.5. The zero-order chi connectivity index (χ0) is 22.8. The third-order valence-electron chi connectivity index (χ3n) is 5.26. The molecule has 2 aromatic carbocycles. The number of likely N-dealkylation sites (tertiary alicyclic amines) is 1. The summed E-state index contributed by atoms with van der Waals surface area (Å²) < 4.78 is 5.32. The molecule has 3 N–H and O–H groups in total. The van der Waals surface area contributed by atoms with Crippen molar-refractivity contribution >= 4 is 57.6 Å². The van der Waals surface area contributed by atoms with Crippen molar-refractivity contribution in [2.45, 2.75) is 12.8 Å². The van der Waals surface area contributed by atoms with Crippen molar-refractivity contribution in [3.63, 3.8) is 0 Å². The number of thiocarbonyl (C=S) groups is 2. The predicted molar refractivity (Wildman–Crippen MR) is 142 cm³/mol. The van der Waals surface area contributed by atoms with Crippen LogP contribution in [0.1, 0.15) is 12.8 Å². The Kier molecular flexibility index (Phi) is 9.80. The van der Waals surface area contributed by atoms with Gasteiger partial charge in [0.05, 0.1) is 7.11 Å². The Bertz CT molecular complexity index is 890. The van der Waals surface area contributed by atoms with E-state index < -0.39 is 0 Å². The number of hydrogen-bond acceptors (Lipinski definition) is 4. The van der Waals surface area contributed by atoms with Crippen molar-refractivity contribution < 1.29 is 4.74 Å². The minimum atomic E-state index is 0.568. The normalized spacial score (nSPS) is 13.4. The summed E-state index contributed by atoms with van der Waals surface area (Å²) in [5.74, 6) is 0.793. The largest absolute Gasteiger partial charge is 0.497 e. The first-order chi connectivity index (χ1) is 15.5. The maximum Gasteiger partial charge on any atom is 0.173 e. The van der Waals surface area contributed by atoms with Crippen LogP contribution in [0.5, 0.6) is 5.75 Å². The molecule has 0 aromatic heterocycles. The van der Waals surface area contributed by atoms with E-state index in [1.54, 1.807) is 7.11 Å². The fourth-order valence-corrected chi connectivity index (χ4v) is 4.15. The van der Waals surface area contributed by atoms with Gasteiger partial charge < -0.3 is 30.5 Å². The lowest BCUT2D eigenvalue weighted by Crippen LogP contribution is -2.44. The average Bonchev–Trinajstić information content (AvgIpc) is 3.31. The number of halogens is 1. The minimum absolute atomic E-state index is 0.568. The van der Waals surface area contributed by atoms with Crippen molar-refractivity contribution in [2.75, 3.05) is 57.0 Å². The van der Waals surface area contributed by atoms with Crippen LogP contribution in [0.3, 0.4) is 0 Å². The Balaban J connectivity index is 1.52. The molecule has 0 amide bonds. The molecule has 0 aliphatic carbocycles. The number of hydrogen-bond donors (Lipinski definition) is 3. The van der Waals surface area contributed by atoms with Crippen LogP contribution in [0, 0.1) is 0 Å². The fraction of sp³-hybridized carbons (Fsp3) is 0.391. The Labute approximate surface area is 206 Å². The Morgan fingerprint density at radius 2 is 1.78 bits per heavy atom. The van der Waals surface area contributed by atoms with E-state index in [1.165, 1.54) is 12.8 Å². The topological polar surface area (TPSA) is 51.8 Å². The molecule has 0 unspecified atom stereocenters. The molecule has 1 saturated heterocycles. The number of methoxy groups -OCH3 is 1. The summed E-state index contributed by atoms with van der Waals surface area (Å²) in [4.78, 5) is 4.67. The molecule has 6 nitrogen and oxygen atoms in total. The van der Waals surface area contributed by atoms with Gasteiger partial charge in [-0.25, -0.2) is 0 Å². The molecule has 2 aromatic rings. The molecule has 0 bridgehead atoms. The zero-order valence-corrected chi connectivity index (χ0v) is 20.7. The molecule has 1 aliphatic heterocycles. The van der Waals surface area contributed by atoms with Crippen LogP contribution < -0.4 is 20.7 Å². The Morgan fingerprint density at radius 3 is 2.50 bits per heavy atom. The maximum atomic E-state index is 5.94. The van der Waals surface area contributed by atoms with Crippen LogP contribution in [0.2, 0.25) is 5.02 Å². The van der Waals surface area contributed by atoms with Gasteiger partial charge in [0.2, 0.25) is 0 Å². The molecule has 32 heavy (non-hydrogen) atoms. The molecule has 3 rings (SSSR count). The molecule has 1 aliphatic rings. The fourth-order valence-electron chi connectivity index (χ4n) is 3.50. The lowest BCUT2D eigenvalue weighted by molar-refractivity contribution is 0.293. The van der Waals surface area contributed by atoms with Crippen molar-refractivity contribution in [3.8, 4) is 5.75 Å². The van der Waals surface area contributed by atoms with Gasteiger partial charge in [-0.15, -0.1) is 0 Å². The summed E-state index contributed by atoms with van der Waals surface area (Å²) in [7, 11) is 1.66. The van der Waals surface area contributed by atoms with E-state index in [0.29, 0.717) is 21.8 Å². The number of nitrogens with zero attached hydrogens (tertiary/aromatic N) is 2. The quantitative estimate of drug-likeness (QED) is 0.445. The van der Waals surface area contributed by atoms with Crippen LogP contribution in [-0.2, 0) is 0 Å². The Morgan fingerprint density at radius 1 is 1.03 bits per heavy atom. The number of ether oxygens (including phenoxy) is 1. The van der Waals surface area contributed by atoms with Gasteiger partial charge in [0, 0.05) is 48.6 Å². The highest BCUT2D eigenvalue weighted by Crippen LogP contribution is 2.17. The van der Waals surface area contributed by atoms with Crippen LogP contribution in [0.25, 0.3) is 0 Å². The first-order valence-corrected chi connectivity index (χ1v) is 12.0. The second-order valence-corrected chi connectivity index (χ2v) is 8.82. The SMILES string of the molecule is COc1cccc(NC(=S)N(CCNC(=S)Nc2ccc(Cl)cc2)CCN2CCCC2)c1. The molecule has 1 fully saturated rings. The van der Waals surface area contributed by atoms with Crippen LogP contribution in [-0.4, -0.2) is 66.4 Å².